The quantitative estimate of drug-likeness (QED) is 0.0261. The zero-order valence-electron chi connectivity index (χ0n) is 49.4. The lowest BCUT2D eigenvalue weighted by Gasteiger charge is -2.18. The smallest absolute Gasteiger partial charge is 0.306 e. The van der Waals surface area contributed by atoms with Gasteiger partial charge in [0, 0.05) is 19.3 Å². The van der Waals surface area contributed by atoms with Gasteiger partial charge in [0.1, 0.15) is 13.2 Å². The molecule has 0 saturated heterocycles. The van der Waals surface area contributed by atoms with Gasteiger partial charge in [0.15, 0.2) is 6.10 Å². The molecule has 0 aliphatic heterocycles. The SMILES string of the molecule is CCCCCC/C=C\C/C=C\CCCCCCCC(=O)OC(COC(=O)CCCCCCCCCC)COC(=O)CCCCCCCCCCCCCCCCCCCCCCCCCCCCCCCCC. The summed E-state index contributed by atoms with van der Waals surface area (Å²) in [5.74, 6) is -0.868. The van der Waals surface area contributed by atoms with Crippen LogP contribution >= 0.6 is 0 Å². The van der Waals surface area contributed by atoms with E-state index in [-0.39, 0.29) is 31.1 Å². The Kier molecular flexibility index (Phi) is 60.6. The van der Waals surface area contributed by atoms with Crippen LogP contribution in [0.15, 0.2) is 24.3 Å². The number of carbonyl (C=O) groups excluding carboxylic acids is 3. The first kappa shape index (κ1) is 70.9. The number of unbranched alkanes of at least 4 members (excludes halogenated alkanes) is 46. The Morgan fingerprint density at radius 2 is 0.493 bits per heavy atom. The Labute approximate surface area is 455 Å². The number of ether oxygens (including phenoxy) is 3. The molecule has 6 heteroatoms. The molecule has 0 aliphatic carbocycles. The maximum Gasteiger partial charge on any atom is 0.306 e. The molecule has 0 N–H and O–H groups in total. The maximum atomic E-state index is 12.8. The number of allylic oxidation sites excluding steroid dienone is 4. The van der Waals surface area contributed by atoms with Gasteiger partial charge in [-0.25, -0.2) is 0 Å². The van der Waals surface area contributed by atoms with Gasteiger partial charge in [-0.3, -0.25) is 14.4 Å². The van der Waals surface area contributed by atoms with Gasteiger partial charge in [0.05, 0.1) is 0 Å². The zero-order chi connectivity index (χ0) is 52.9. The normalized spacial score (nSPS) is 12.1. The molecule has 0 spiro atoms. The molecule has 0 fully saturated rings. The highest BCUT2D eigenvalue weighted by molar-refractivity contribution is 5.71. The fourth-order valence-electron chi connectivity index (χ4n) is 10.0. The second-order valence-electron chi connectivity index (χ2n) is 22.4. The van der Waals surface area contributed by atoms with Crippen LogP contribution in [0.1, 0.15) is 367 Å². The molecule has 0 aromatic rings. The van der Waals surface area contributed by atoms with E-state index in [1.807, 2.05) is 0 Å². The highest BCUT2D eigenvalue weighted by Crippen LogP contribution is 2.18. The molecule has 0 aromatic carbocycles. The van der Waals surface area contributed by atoms with Crippen molar-refractivity contribution in [3.63, 3.8) is 0 Å². The minimum atomic E-state index is -0.773. The Morgan fingerprint density at radius 3 is 0.767 bits per heavy atom. The van der Waals surface area contributed by atoms with E-state index in [0.717, 1.165) is 77.0 Å². The van der Waals surface area contributed by atoms with Crippen molar-refractivity contribution in [2.24, 2.45) is 0 Å². The van der Waals surface area contributed by atoms with Crippen molar-refractivity contribution in [3.8, 4) is 0 Å². The Balaban J connectivity index is 4.00. The van der Waals surface area contributed by atoms with E-state index in [2.05, 4.69) is 45.1 Å². The second-order valence-corrected chi connectivity index (χ2v) is 22.4. The van der Waals surface area contributed by atoms with E-state index in [1.165, 1.54) is 250 Å². The summed E-state index contributed by atoms with van der Waals surface area (Å²) >= 11 is 0. The highest BCUT2D eigenvalue weighted by Gasteiger charge is 2.19. The molecule has 0 amide bonds. The van der Waals surface area contributed by atoms with E-state index in [0.29, 0.717) is 19.3 Å². The third-order valence-corrected chi connectivity index (χ3v) is 15.0. The fraction of sp³-hybridized carbons (Fsp3) is 0.896. The summed E-state index contributed by atoms with van der Waals surface area (Å²) in [5, 5.41) is 0. The van der Waals surface area contributed by atoms with E-state index in [4.69, 9.17) is 14.2 Å². The first-order valence-electron chi connectivity index (χ1n) is 32.8. The molecule has 0 saturated carbocycles. The molecule has 0 radical (unpaired) electrons. The van der Waals surface area contributed by atoms with Crippen molar-refractivity contribution in [2.75, 3.05) is 13.2 Å². The molecule has 6 nitrogen and oxygen atoms in total. The third-order valence-electron chi connectivity index (χ3n) is 15.0. The van der Waals surface area contributed by atoms with Crippen LogP contribution in [-0.4, -0.2) is 37.2 Å². The Hall–Kier alpha value is -2.11. The highest BCUT2D eigenvalue weighted by atomic mass is 16.6. The van der Waals surface area contributed by atoms with E-state index >= 15 is 0 Å². The second kappa shape index (κ2) is 62.4. The van der Waals surface area contributed by atoms with Gasteiger partial charge in [0.2, 0.25) is 0 Å². The molecule has 430 valence electrons. The molecular formula is C67H126O6. The molecule has 0 heterocycles. The van der Waals surface area contributed by atoms with Crippen LogP contribution < -0.4 is 0 Å². The third kappa shape index (κ3) is 60.6. The van der Waals surface area contributed by atoms with Gasteiger partial charge in [-0.1, -0.05) is 321 Å². The summed E-state index contributed by atoms with van der Waals surface area (Å²) in [4.78, 5) is 38.1. The summed E-state index contributed by atoms with van der Waals surface area (Å²) in [7, 11) is 0. The van der Waals surface area contributed by atoms with Gasteiger partial charge in [-0.2, -0.15) is 0 Å². The molecule has 73 heavy (non-hydrogen) atoms. The van der Waals surface area contributed by atoms with Gasteiger partial charge < -0.3 is 14.2 Å². The lowest BCUT2D eigenvalue weighted by Crippen LogP contribution is -2.30. The topological polar surface area (TPSA) is 78.9 Å². The monoisotopic (exact) mass is 1030 g/mol. The van der Waals surface area contributed by atoms with Crippen molar-refractivity contribution < 1.29 is 28.6 Å². The van der Waals surface area contributed by atoms with Crippen LogP contribution in [0.4, 0.5) is 0 Å². The number of hydrogen-bond donors (Lipinski definition) is 0. The summed E-state index contributed by atoms with van der Waals surface area (Å²) in [6.07, 6.45) is 75.2. The van der Waals surface area contributed by atoms with E-state index in [9.17, 15) is 14.4 Å². The minimum absolute atomic E-state index is 0.0719. The van der Waals surface area contributed by atoms with Gasteiger partial charge >= 0.3 is 17.9 Å². The number of esters is 3. The number of rotatable bonds is 61. The summed E-state index contributed by atoms with van der Waals surface area (Å²) in [6, 6.07) is 0. The van der Waals surface area contributed by atoms with Gasteiger partial charge in [-0.05, 0) is 51.4 Å². The van der Waals surface area contributed by atoms with Crippen LogP contribution in [0.2, 0.25) is 0 Å². The van der Waals surface area contributed by atoms with Crippen molar-refractivity contribution in [1.82, 2.24) is 0 Å². The van der Waals surface area contributed by atoms with E-state index in [1.54, 1.807) is 0 Å². The van der Waals surface area contributed by atoms with Crippen LogP contribution in [0, 0.1) is 0 Å². The summed E-state index contributed by atoms with van der Waals surface area (Å²) in [6.45, 7) is 6.64. The Morgan fingerprint density at radius 1 is 0.274 bits per heavy atom. The van der Waals surface area contributed by atoms with Gasteiger partial charge in [-0.15, -0.1) is 0 Å². The van der Waals surface area contributed by atoms with Gasteiger partial charge in [0.25, 0.3) is 0 Å². The lowest BCUT2D eigenvalue weighted by molar-refractivity contribution is -0.167. The van der Waals surface area contributed by atoms with Crippen molar-refractivity contribution in [2.45, 2.75) is 374 Å². The molecule has 1 unspecified atom stereocenters. The maximum absolute atomic E-state index is 12.8. The van der Waals surface area contributed by atoms with Crippen LogP contribution in [-0.2, 0) is 28.6 Å². The molecule has 0 bridgehead atoms. The largest absolute Gasteiger partial charge is 0.462 e. The average Bonchev–Trinajstić information content (AvgIpc) is 3.39. The lowest BCUT2D eigenvalue weighted by atomic mass is 10.0. The first-order chi connectivity index (χ1) is 36.0. The predicted molar refractivity (Wildman–Crippen MR) is 316 cm³/mol. The van der Waals surface area contributed by atoms with Crippen LogP contribution in [0.5, 0.6) is 0 Å². The number of hydrogen-bond acceptors (Lipinski definition) is 6. The zero-order valence-corrected chi connectivity index (χ0v) is 49.4. The molecular weight excluding hydrogens is 901 g/mol. The average molecular weight is 1030 g/mol. The molecule has 1 atom stereocenters. The Bertz CT molecular complexity index is 1180. The summed E-state index contributed by atoms with van der Waals surface area (Å²) in [5.41, 5.74) is 0. The standard InChI is InChI=1S/C67H126O6/c1-4-7-10-13-16-19-21-23-25-27-28-29-30-31-32-33-34-35-36-37-38-39-40-41-43-44-46-48-51-54-57-60-66(69)72-63-64(62-71-65(68)59-56-53-50-18-15-12-9-6-3)73-67(70)61-58-55-52-49-47-45-42-26-24-22-20-17-14-11-8-5-2/h20,22,26,42,64H,4-19,21,23-25,27-41,43-63H2,1-3H3/b22-20-,42-26-. The fourth-order valence-corrected chi connectivity index (χ4v) is 10.0. The molecule has 0 aromatic heterocycles. The van der Waals surface area contributed by atoms with E-state index < -0.39 is 6.10 Å². The molecule has 0 rings (SSSR count). The van der Waals surface area contributed by atoms with Crippen molar-refractivity contribution >= 4 is 17.9 Å². The van der Waals surface area contributed by atoms with Crippen molar-refractivity contribution in [1.29, 1.82) is 0 Å². The van der Waals surface area contributed by atoms with Crippen LogP contribution in [0.3, 0.4) is 0 Å². The first-order valence-corrected chi connectivity index (χ1v) is 32.8. The number of carbonyl (C=O) groups is 3. The minimum Gasteiger partial charge on any atom is -0.462 e. The van der Waals surface area contributed by atoms with Crippen LogP contribution in [0.25, 0.3) is 0 Å². The molecule has 0 aliphatic rings. The predicted octanol–water partition coefficient (Wildman–Crippen LogP) is 22.2. The van der Waals surface area contributed by atoms with Crippen molar-refractivity contribution in [3.05, 3.63) is 24.3 Å². The summed E-state index contributed by atoms with van der Waals surface area (Å²) < 4.78 is 16.8.